The van der Waals surface area contributed by atoms with Crippen LogP contribution in [0.1, 0.15) is 72.6 Å². The van der Waals surface area contributed by atoms with E-state index < -0.39 is 17.2 Å². The quantitative estimate of drug-likeness (QED) is 0.572. The van der Waals surface area contributed by atoms with Crippen LogP contribution in [0.25, 0.3) is 0 Å². The fourth-order valence-electron chi connectivity index (χ4n) is 2.26. The predicted molar refractivity (Wildman–Crippen MR) is 76.0 cm³/mol. The highest BCUT2D eigenvalue weighted by Gasteiger charge is 2.22. The van der Waals surface area contributed by atoms with Gasteiger partial charge in [0, 0.05) is 6.42 Å². The van der Waals surface area contributed by atoms with Crippen molar-refractivity contribution in [3.05, 3.63) is 0 Å². The van der Waals surface area contributed by atoms with Crippen molar-refractivity contribution in [3.63, 3.8) is 0 Å². The molecule has 0 saturated heterocycles. The van der Waals surface area contributed by atoms with Crippen LogP contribution < -0.4 is 0 Å². The molecule has 0 saturated carbocycles. The Morgan fingerprint density at radius 1 is 1.05 bits per heavy atom. The number of carbonyl (C=O) groups is 1. The Bertz CT molecular complexity index is 266. The van der Waals surface area contributed by atoms with Gasteiger partial charge >= 0.3 is 5.97 Å². The maximum absolute atomic E-state index is 10.5. The first-order valence-corrected chi connectivity index (χ1v) is 7.18. The summed E-state index contributed by atoms with van der Waals surface area (Å²) in [6.45, 7) is 7.29. The molecule has 3 N–H and O–H groups in total. The summed E-state index contributed by atoms with van der Waals surface area (Å²) in [6, 6.07) is 0. The first-order valence-electron chi connectivity index (χ1n) is 7.18. The van der Waals surface area contributed by atoms with Crippen LogP contribution in [0, 0.1) is 5.92 Å². The highest BCUT2D eigenvalue weighted by atomic mass is 16.4. The molecule has 0 heterocycles. The first kappa shape index (κ1) is 18.4. The normalized spacial score (nSPS) is 16.9. The molecule has 2 atom stereocenters. The SMILES string of the molecule is CC(CCCC(C)(O)CCCC(C)(C)O)CC(=O)O. The predicted octanol–water partition coefficient (Wildman–Crippen LogP) is 2.96. The maximum Gasteiger partial charge on any atom is 0.303 e. The highest BCUT2D eigenvalue weighted by molar-refractivity contribution is 5.66. The number of aliphatic carboxylic acids is 1. The van der Waals surface area contributed by atoms with Crippen molar-refractivity contribution in [1.29, 1.82) is 0 Å². The summed E-state index contributed by atoms with van der Waals surface area (Å²) >= 11 is 0. The maximum atomic E-state index is 10.5. The molecular weight excluding hydrogens is 244 g/mol. The Kier molecular flexibility index (Phi) is 7.60. The van der Waals surface area contributed by atoms with E-state index in [9.17, 15) is 15.0 Å². The highest BCUT2D eigenvalue weighted by Crippen LogP contribution is 2.24. The van der Waals surface area contributed by atoms with E-state index in [0.29, 0.717) is 19.3 Å². The van der Waals surface area contributed by atoms with Crippen molar-refractivity contribution in [2.24, 2.45) is 5.92 Å². The monoisotopic (exact) mass is 274 g/mol. The minimum atomic E-state index is -0.760. The van der Waals surface area contributed by atoms with E-state index in [0.717, 1.165) is 19.3 Å². The van der Waals surface area contributed by atoms with Gasteiger partial charge in [-0.15, -0.1) is 0 Å². The van der Waals surface area contributed by atoms with Crippen LogP contribution in [0.3, 0.4) is 0 Å². The van der Waals surface area contributed by atoms with Crippen molar-refractivity contribution in [3.8, 4) is 0 Å². The largest absolute Gasteiger partial charge is 0.481 e. The third-order valence-electron chi connectivity index (χ3n) is 3.44. The third kappa shape index (κ3) is 12.2. The lowest BCUT2D eigenvalue weighted by Crippen LogP contribution is -2.26. The molecule has 4 heteroatoms. The topological polar surface area (TPSA) is 77.8 Å². The summed E-state index contributed by atoms with van der Waals surface area (Å²) in [6.07, 6.45) is 4.69. The van der Waals surface area contributed by atoms with Gasteiger partial charge in [0.15, 0.2) is 0 Å². The second-order valence-electron chi connectivity index (χ2n) is 6.76. The van der Waals surface area contributed by atoms with Crippen molar-refractivity contribution in [2.45, 2.75) is 83.8 Å². The molecule has 0 fully saturated rings. The lowest BCUT2D eigenvalue weighted by molar-refractivity contribution is -0.138. The van der Waals surface area contributed by atoms with Gasteiger partial charge in [0.05, 0.1) is 11.2 Å². The van der Waals surface area contributed by atoms with Gasteiger partial charge in [-0.05, 0) is 52.4 Å². The summed E-state index contributed by atoms with van der Waals surface area (Å²) in [4.78, 5) is 10.5. The second kappa shape index (κ2) is 7.85. The average Bonchev–Trinajstić information content (AvgIpc) is 2.12. The first-order chi connectivity index (χ1) is 8.52. The van der Waals surface area contributed by atoms with Crippen LogP contribution in [-0.2, 0) is 4.79 Å². The van der Waals surface area contributed by atoms with Gasteiger partial charge in [-0.3, -0.25) is 4.79 Å². The van der Waals surface area contributed by atoms with E-state index in [2.05, 4.69) is 0 Å². The van der Waals surface area contributed by atoms with Gasteiger partial charge in [0.25, 0.3) is 0 Å². The van der Waals surface area contributed by atoms with E-state index in [1.54, 1.807) is 13.8 Å². The Hall–Kier alpha value is -0.610. The van der Waals surface area contributed by atoms with Crippen molar-refractivity contribution < 1.29 is 20.1 Å². The molecular formula is C15H30O4. The Morgan fingerprint density at radius 2 is 1.58 bits per heavy atom. The molecule has 4 nitrogen and oxygen atoms in total. The van der Waals surface area contributed by atoms with E-state index in [1.807, 2.05) is 13.8 Å². The molecule has 0 amide bonds. The number of aliphatic hydroxyl groups is 2. The molecule has 0 aromatic rings. The molecule has 0 aliphatic rings. The van der Waals surface area contributed by atoms with Crippen LogP contribution in [0.2, 0.25) is 0 Å². The Balaban J connectivity index is 3.81. The number of carboxylic acids is 1. The van der Waals surface area contributed by atoms with Crippen LogP contribution in [-0.4, -0.2) is 32.5 Å². The van der Waals surface area contributed by atoms with Gasteiger partial charge in [-0.1, -0.05) is 19.8 Å². The van der Waals surface area contributed by atoms with Gasteiger partial charge < -0.3 is 15.3 Å². The fraction of sp³-hybridized carbons (Fsp3) is 0.933. The van der Waals surface area contributed by atoms with Gasteiger partial charge in [0.1, 0.15) is 0 Å². The van der Waals surface area contributed by atoms with Gasteiger partial charge in [-0.2, -0.15) is 0 Å². The second-order valence-corrected chi connectivity index (χ2v) is 6.76. The zero-order chi connectivity index (χ0) is 15.1. The van der Waals surface area contributed by atoms with Crippen molar-refractivity contribution >= 4 is 5.97 Å². The number of rotatable bonds is 10. The summed E-state index contributed by atoms with van der Waals surface area (Å²) < 4.78 is 0. The van der Waals surface area contributed by atoms with E-state index in [-0.39, 0.29) is 12.3 Å². The number of carboxylic acid groups (broad SMARTS) is 1. The molecule has 114 valence electrons. The molecule has 0 aromatic carbocycles. The molecule has 0 spiro atoms. The minimum absolute atomic E-state index is 0.157. The summed E-state index contributed by atoms with van der Waals surface area (Å²) in [5, 5.41) is 28.5. The molecule has 0 bridgehead atoms. The lowest BCUT2D eigenvalue weighted by atomic mass is 9.88. The van der Waals surface area contributed by atoms with Crippen LogP contribution in [0.4, 0.5) is 0 Å². The van der Waals surface area contributed by atoms with Crippen LogP contribution >= 0.6 is 0 Å². The zero-order valence-corrected chi connectivity index (χ0v) is 12.8. The summed E-state index contributed by atoms with van der Waals surface area (Å²) in [7, 11) is 0. The Labute approximate surface area is 116 Å². The third-order valence-corrected chi connectivity index (χ3v) is 3.44. The Morgan fingerprint density at radius 3 is 2.05 bits per heavy atom. The van der Waals surface area contributed by atoms with E-state index in [1.165, 1.54) is 0 Å². The van der Waals surface area contributed by atoms with Gasteiger partial charge in [-0.25, -0.2) is 0 Å². The zero-order valence-electron chi connectivity index (χ0n) is 12.8. The lowest BCUT2D eigenvalue weighted by Gasteiger charge is -2.25. The van der Waals surface area contributed by atoms with Crippen molar-refractivity contribution in [1.82, 2.24) is 0 Å². The summed E-state index contributed by atoms with van der Waals surface area (Å²) in [5.41, 5.74) is -1.39. The minimum Gasteiger partial charge on any atom is -0.481 e. The van der Waals surface area contributed by atoms with E-state index in [4.69, 9.17) is 5.11 Å². The molecule has 0 aliphatic heterocycles. The van der Waals surface area contributed by atoms with Gasteiger partial charge in [0.2, 0.25) is 0 Å². The van der Waals surface area contributed by atoms with Crippen LogP contribution in [0.5, 0.6) is 0 Å². The smallest absolute Gasteiger partial charge is 0.303 e. The molecule has 19 heavy (non-hydrogen) atoms. The summed E-state index contributed by atoms with van der Waals surface area (Å²) in [5.74, 6) is -0.603. The van der Waals surface area contributed by atoms with E-state index >= 15 is 0 Å². The number of hydrogen-bond acceptors (Lipinski definition) is 3. The van der Waals surface area contributed by atoms with Crippen molar-refractivity contribution in [2.75, 3.05) is 0 Å². The standard InChI is InChI=1S/C15H30O4/c1-12(11-13(16)17)7-5-9-15(4,19)10-6-8-14(2,3)18/h12,18-19H,5-11H2,1-4H3,(H,16,17). The molecule has 0 aromatic heterocycles. The average molecular weight is 274 g/mol. The molecule has 0 aliphatic carbocycles. The number of hydrogen-bond donors (Lipinski definition) is 3. The van der Waals surface area contributed by atoms with Crippen LogP contribution in [0.15, 0.2) is 0 Å². The molecule has 0 radical (unpaired) electrons. The fourth-order valence-corrected chi connectivity index (χ4v) is 2.26. The molecule has 2 unspecified atom stereocenters. The molecule has 0 rings (SSSR count).